The van der Waals surface area contributed by atoms with Gasteiger partial charge in [0.2, 0.25) is 10.0 Å². The molecule has 7 heteroatoms. The Morgan fingerprint density at radius 2 is 2.14 bits per heavy atom. The first-order chi connectivity index (χ1) is 9.71. The molecule has 5 nitrogen and oxygen atoms in total. The van der Waals surface area contributed by atoms with Crippen molar-refractivity contribution < 1.29 is 13.5 Å². The average Bonchev–Trinajstić information content (AvgIpc) is 2.37. The lowest BCUT2D eigenvalue weighted by Crippen LogP contribution is -2.48. The van der Waals surface area contributed by atoms with Crippen LogP contribution in [-0.2, 0) is 15.8 Å². The molecule has 0 radical (unpaired) electrons. The van der Waals surface area contributed by atoms with E-state index in [1.54, 1.807) is 31.2 Å². The Hall–Kier alpha value is -1.02. The highest BCUT2D eigenvalue weighted by molar-refractivity contribution is 7.88. The first-order valence-electron chi connectivity index (χ1n) is 6.79. The van der Waals surface area contributed by atoms with Crippen LogP contribution >= 0.6 is 12.2 Å². The van der Waals surface area contributed by atoms with Crippen LogP contribution in [0.2, 0.25) is 0 Å². The van der Waals surface area contributed by atoms with Gasteiger partial charge in [0.15, 0.2) is 0 Å². The largest absolute Gasteiger partial charge is 0.389 e. The number of benzene rings is 1. The molecule has 21 heavy (non-hydrogen) atoms. The number of rotatable bonds is 4. The van der Waals surface area contributed by atoms with Crippen molar-refractivity contribution in [2.45, 2.75) is 31.1 Å². The molecule has 0 bridgehead atoms. The molecule has 3 N–H and O–H groups in total. The first-order valence-corrected chi connectivity index (χ1v) is 8.81. The van der Waals surface area contributed by atoms with Gasteiger partial charge in [-0.2, -0.15) is 4.31 Å². The fourth-order valence-corrected chi connectivity index (χ4v) is 4.49. The normalized spacial score (nSPS) is 23.9. The smallest absolute Gasteiger partial charge is 0.218 e. The molecular weight excluding hydrogens is 308 g/mol. The van der Waals surface area contributed by atoms with Gasteiger partial charge in [0.05, 0.1) is 11.4 Å². The number of sulfonamides is 1. The summed E-state index contributed by atoms with van der Waals surface area (Å²) < 4.78 is 26.5. The Morgan fingerprint density at radius 3 is 2.76 bits per heavy atom. The molecule has 0 amide bonds. The Kier molecular flexibility index (Phi) is 4.67. The van der Waals surface area contributed by atoms with Gasteiger partial charge < -0.3 is 10.8 Å². The summed E-state index contributed by atoms with van der Waals surface area (Å²) in [6.45, 7) is 2.23. The maximum atomic E-state index is 12.5. The lowest BCUT2D eigenvalue weighted by Gasteiger charge is -2.36. The molecule has 0 spiro atoms. The van der Waals surface area contributed by atoms with Crippen LogP contribution in [0.15, 0.2) is 24.3 Å². The minimum atomic E-state index is -3.51. The summed E-state index contributed by atoms with van der Waals surface area (Å²) >= 11 is 4.96. The highest BCUT2D eigenvalue weighted by Crippen LogP contribution is 2.24. The standard InChI is InChI=1S/C14H20N2O3S2/c1-14(17)7-4-8-16(10-14)21(18,19)9-11-5-2-3-6-12(11)13(15)20/h2-3,5-6,17H,4,7-10H2,1H3,(H2,15,20). The minimum Gasteiger partial charge on any atom is -0.389 e. The minimum absolute atomic E-state index is 0.130. The summed E-state index contributed by atoms with van der Waals surface area (Å²) in [5, 5.41) is 10.1. The van der Waals surface area contributed by atoms with Crippen LogP contribution in [0.1, 0.15) is 30.9 Å². The van der Waals surface area contributed by atoms with Gasteiger partial charge in [0, 0.05) is 18.7 Å². The van der Waals surface area contributed by atoms with Gasteiger partial charge in [-0.25, -0.2) is 8.42 Å². The molecule has 1 saturated heterocycles. The van der Waals surface area contributed by atoms with Gasteiger partial charge in [0.1, 0.15) is 4.99 Å². The molecule has 1 aliphatic heterocycles. The molecule has 1 fully saturated rings. The zero-order chi connectivity index (χ0) is 15.7. The monoisotopic (exact) mass is 328 g/mol. The van der Waals surface area contributed by atoms with E-state index in [0.29, 0.717) is 30.5 Å². The lowest BCUT2D eigenvalue weighted by molar-refractivity contribution is 0.00935. The number of hydrogen-bond acceptors (Lipinski definition) is 4. The molecule has 0 aliphatic carbocycles. The van der Waals surface area contributed by atoms with Gasteiger partial charge in [0.25, 0.3) is 0 Å². The Balaban J connectivity index is 2.24. The SMILES string of the molecule is CC1(O)CCCN(S(=O)(=O)Cc2ccccc2C(N)=S)C1. The number of piperidine rings is 1. The van der Waals surface area contributed by atoms with E-state index in [4.69, 9.17) is 18.0 Å². The van der Waals surface area contributed by atoms with Crippen molar-refractivity contribution in [3.8, 4) is 0 Å². The second-order valence-electron chi connectivity index (χ2n) is 5.71. The summed E-state index contributed by atoms with van der Waals surface area (Å²) in [5.41, 5.74) is 5.85. The topological polar surface area (TPSA) is 83.6 Å². The third-order valence-electron chi connectivity index (χ3n) is 3.65. The second kappa shape index (κ2) is 6.00. The van der Waals surface area contributed by atoms with Gasteiger partial charge in [-0.1, -0.05) is 36.5 Å². The summed E-state index contributed by atoms with van der Waals surface area (Å²) in [6, 6.07) is 6.98. The molecule has 1 unspecified atom stereocenters. The number of nitrogens with zero attached hydrogens (tertiary/aromatic N) is 1. The van der Waals surface area contributed by atoms with E-state index in [9.17, 15) is 13.5 Å². The highest BCUT2D eigenvalue weighted by Gasteiger charge is 2.34. The number of nitrogens with two attached hydrogens (primary N) is 1. The molecule has 0 aromatic heterocycles. The third-order valence-corrected chi connectivity index (χ3v) is 5.65. The van der Waals surface area contributed by atoms with Crippen LogP contribution in [0.25, 0.3) is 0 Å². The zero-order valence-corrected chi connectivity index (χ0v) is 13.6. The van der Waals surface area contributed by atoms with Gasteiger partial charge in [-0.15, -0.1) is 0 Å². The van der Waals surface area contributed by atoms with E-state index >= 15 is 0 Å². The predicted octanol–water partition coefficient (Wildman–Crippen LogP) is 0.997. The first kappa shape index (κ1) is 16.4. The molecule has 1 aromatic rings. The molecule has 1 atom stereocenters. The quantitative estimate of drug-likeness (QED) is 0.806. The van der Waals surface area contributed by atoms with E-state index in [0.717, 1.165) is 0 Å². The Labute approximate surface area is 130 Å². The van der Waals surface area contributed by atoms with Crippen LogP contribution in [0, 0.1) is 0 Å². The number of thiocarbonyl (C=S) groups is 1. The van der Waals surface area contributed by atoms with Crippen LogP contribution in [-0.4, -0.2) is 41.5 Å². The van der Waals surface area contributed by atoms with Crippen molar-refractivity contribution in [2.75, 3.05) is 13.1 Å². The summed E-state index contributed by atoms with van der Waals surface area (Å²) in [4.78, 5) is 0.187. The molecule has 116 valence electrons. The lowest BCUT2D eigenvalue weighted by atomic mass is 9.97. The fraction of sp³-hybridized carbons (Fsp3) is 0.500. The molecule has 1 aliphatic rings. The van der Waals surface area contributed by atoms with Crippen LogP contribution < -0.4 is 5.73 Å². The molecule has 2 rings (SSSR count). The molecular formula is C14H20N2O3S2. The predicted molar refractivity (Wildman–Crippen MR) is 86.4 cm³/mol. The van der Waals surface area contributed by atoms with Crippen molar-refractivity contribution in [3.63, 3.8) is 0 Å². The highest BCUT2D eigenvalue weighted by atomic mass is 32.2. The van der Waals surface area contributed by atoms with Crippen molar-refractivity contribution in [3.05, 3.63) is 35.4 Å². The van der Waals surface area contributed by atoms with E-state index in [1.165, 1.54) is 4.31 Å². The Morgan fingerprint density at radius 1 is 1.48 bits per heavy atom. The average molecular weight is 328 g/mol. The fourth-order valence-electron chi connectivity index (χ4n) is 2.59. The summed E-state index contributed by atoms with van der Waals surface area (Å²) in [5.74, 6) is -0.156. The number of hydrogen-bond donors (Lipinski definition) is 2. The van der Waals surface area contributed by atoms with E-state index in [1.807, 2.05) is 0 Å². The van der Waals surface area contributed by atoms with Crippen LogP contribution in [0.4, 0.5) is 0 Å². The van der Waals surface area contributed by atoms with Crippen molar-refractivity contribution >= 4 is 27.2 Å². The maximum Gasteiger partial charge on any atom is 0.218 e. The number of aliphatic hydroxyl groups is 1. The van der Waals surface area contributed by atoms with Gasteiger partial charge >= 0.3 is 0 Å². The van der Waals surface area contributed by atoms with Gasteiger partial charge in [-0.05, 0) is 25.3 Å². The van der Waals surface area contributed by atoms with E-state index in [2.05, 4.69) is 0 Å². The van der Waals surface area contributed by atoms with Crippen LogP contribution in [0.5, 0.6) is 0 Å². The summed E-state index contributed by atoms with van der Waals surface area (Å²) in [7, 11) is -3.51. The summed E-state index contributed by atoms with van der Waals surface area (Å²) in [6.07, 6.45) is 1.27. The van der Waals surface area contributed by atoms with E-state index in [-0.39, 0.29) is 17.3 Å². The third kappa shape index (κ3) is 4.00. The van der Waals surface area contributed by atoms with E-state index < -0.39 is 15.6 Å². The number of β-amino-alcohol motifs (C(OH)–C–C–N with tert-alkyl or cyclic N) is 1. The molecule has 1 heterocycles. The molecule has 1 aromatic carbocycles. The second-order valence-corrected chi connectivity index (χ2v) is 8.12. The zero-order valence-electron chi connectivity index (χ0n) is 11.9. The van der Waals surface area contributed by atoms with Crippen LogP contribution in [0.3, 0.4) is 0 Å². The van der Waals surface area contributed by atoms with Gasteiger partial charge in [-0.3, -0.25) is 0 Å². The van der Waals surface area contributed by atoms with Crippen molar-refractivity contribution in [1.82, 2.24) is 4.31 Å². The Bertz CT molecular complexity index is 641. The maximum absolute atomic E-state index is 12.5. The van der Waals surface area contributed by atoms with Crippen molar-refractivity contribution in [1.29, 1.82) is 0 Å². The van der Waals surface area contributed by atoms with Crippen molar-refractivity contribution in [2.24, 2.45) is 5.73 Å². The molecule has 0 saturated carbocycles.